The van der Waals surface area contributed by atoms with Gasteiger partial charge in [-0.05, 0) is 50.0 Å². The van der Waals surface area contributed by atoms with Crippen molar-refractivity contribution in [3.8, 4) is 11.3 Å². The summed E-state index contributed by atoms with van der Waals surface area (Å²) in [6.45, 7) is 20.1. The van der Waals surface area contributed by atoms with Crippen molar-refractivity contribution in [3.05, 3.63) is 35.7 Å². The van der Waals surface area contributed by atoms with E-state index in [1.54, 1.807) is 0 Å². The number of nitrogens with one attached hydrogen (secondary N) is 1. The van der Waals surface area contributed by atoms with E-state index in [0.717, 1.165) is 24.8 Å². The summed E-state index contributed by atoms with van der Waals surface area (Å²) in [5.74, 6) is 0.622. The summed E-state index contributed by atoms with van der Waals surface area (Å²) in [6, 6.07) is 8.00. The number of rotatable bonds is 10. The third kappa shape index (κ3) is 5.55. The van der Waals surface area contributed by atoms with Crippen LogP contribution in [0.5, 0.6) is 0 Å². The average Bonchev–Trinajstić information content (AvgIpc) is 3.12. The maximum Gasteiger partial charge on any atom is 0.223 e. The molecule has 1 atom stereocenters. The Labute approximate surface area is 218 Å². The van der Waals surface area contributed by atoms with Gasteiger partial charge in [-0.3, -0.25) is 0 Å². The van der Waals surface area contributed by atoms with E-state index in [9.17, 15) is 5.11 Å². The molecule has 0 spiro atoms. The molecule has 1 unspecified atom stereocenters. The Morgan fingerprint density at radius 1 is 1.25 bits per heavy atom. The molecule has 3 aromatic rings. The van der Waals surface area contributed by atoms with E-state index in [-0.39, 0.29) is 26.0 Å². The number of aromatic nitrogens is 3. The van der Waals surface area contributed by atoms with E-state index < -0.39 is 8.07 Å². The van der Waals surface area contributed by atoms with Crippen LogP contribution >= 0.6 is 7.92 Å². The van der Waals surface area contributed by atoms with Crippen molar-refractivity contribution < 1.29 is 9.84 Å². The predicted molar refractivity (Wildman–Crippen MR) is 157 cm³/mol. The molecule has 0 amide bonds. The van der Waals surface area contributed by atoms with Gasteiger partial charge in [0, 0.05) is 55.6 Å². The minimum Gasteiger partial charge on any atom is -0.396 e. The molecule has 2 N–H and O–H groups in total. The topological polar surface area (TPSA) is 72.2 Å². The highest BCUT2D eigenvalue weighted by Crippen LogP contribution is 2.48. The van der Waals surface area contributed by atoms with Crippen molar-refractivity contribution in [2.75, 3.05) is 31.9 Å². The van der Waals surface area contributed by atoms with Crippen LogP contribution in [-0.4, -0.2) is 60.3 Å². The van der Waals surface area contributed by atoms with Crippen LogP contribution in [0.1, 0.15) is 38.4 Å². The van der Waals surface area contributed by atoms with Crippen LogP contribution < -0.4 is 10.6 Å². The summed E-state index contributed by atoms with van der Waals surface area (Å²) in [5, 5.41) is 15.4. The second-order valence-corrected chi connectivity index (χ2v) is 20.1. The van der Waals surface area contributed by atoms with E-state index >= 15 is 0 Å². The van der Waals surface area contributed by atoms with Crippen molar-refractivity contribution >= 4 is 38.2 Å². The average molecular weight is 527 g/mol. The monoisotopic (exact) mass is 526 g/mol. The van der Waals surface area contributed by atoms with Gasteiger partial charge in [-0.1, -0.05) is 59.6 Å². The number of benzene rings is 1. The zero-order valence-electron chi connectivity index (χ0n) is 23.3. The molecular weight excluding hydrogens is 483 g/mol. The van der Waals surface area contributed by atoms with E-state index in [1.165, 1.54) is 33.0 Å². The van der Waals surface area contributed by atoms with Crippen molar-refractivity contribution in [1.29, 1.82) is 0 Å². The zero-order valence-corrected chi connectivity index (χ0v) is 25.2. The molecule has 196 valence electrons. The summed E-state index contributed by atoms with van der Waals surface area (Å²) in [7, 11) is -1.46. The number of nitrogens with zero attached hydrogens (tertiary/aromatic N) is 3. The van der Waals surface area contributed by atoms with Crippen LogP contribution in [0.25, 0.3) is 22.2 Å². The lowest BCUT2D eigenvalue weighted by molar-refractivity contribution is 0.0863. The Morgan fingerprint density at radius 3 is 2.67 bits per heavy atom. The standard InChI is InChI=1S/C28H43N4O2PSi/c1-19(12-13-33)30-27-29-17-20-16-28(2,3)26-23(24(20)31-27)21-10-9-11-22(35(4)5)25(21)32(26)18-34-14-15-36(6,7)8/h9-11,17,19,33H,12-16,18H2,1-8H3,(H,29,30,31). The number of ether oxygens (including phenoxy) is 1. The first-order valence-electron chi connectivity index (χ1n) is 13.1. The molecule has 0 radical (unpaired) electrons. The SMILES string of the molecule is CC(CCO)Nc1ncc2c(n1)-c1c(n(COCC[Si](C)(C)C)c3c(P(C)C)cccc13)C(C)(C)C2. The molecule has 0 aliphatic heterocycles. The first kappa shape index (κ1) is 27.2. The van der Waals surface area contributed by atoms with Gasteiger partial charge in [0.2, 0.25) is 5.95 Å². The third-order valence-corrected chi connectivity index (χ3v) is 10.1. The number of hydrogen-bond donors (Lipinski definition) is 2. The summed E-state index contributed by atoms with van der Waals surface area (Å²) >= 11 is 0. The molecule has 0 fully saturated rings. The highest BCUT2D eigenvalue weighted by molar-refractivity contribution is 7.64. The smallest absolute Gasteiger partial charge is 0.223 e. The second kappa shape index (κ2) is 10.5. The Kier molecular flexibility index (Phi) is 7.97. The van der Waals surface area contributed by atoms with Gasteiger partial charge in [0.05, 0.1) is 11.2 Å². The van der Waals surface area contributed by atoms with Crippen molar-refractivity contribution in [1.82, 2.24) is 14.5 Å². The maximum absolute atomic E-state index is 9.33. The number of anilines is 1. The van der Waals surface area contributed by atoms with Crippen LogP contribution in [-0.2, 0) is 23.3 Å². The molecule has 2 aromatic heterocycles. The Morgan fingerprint density at radius 2 is 2.00 bits per heavy atom. The molecule has 4 rings (SSSR count). The zero-order chi connectivity index (χ0) is 26.3. The Hall–Kier alpha value is -1.79. The molecule has 2 heterocycles. The molecule has 1 aromatic carbocycles. The molecule has 0 bridgehead atoms. The van der Waals surface area contributed by atoms with Gasteiger partial charge < -0.3 is 19.7 Å². The van der Waals surface area contributed by atoms with E-state index in [1.807, 2.05) is 13.1 Å². The number of aliphatic hydroxyl groups is 1. The first-order chi connectivity index (χ1) is 16.9. The quantitative estimate of drug-likeness (QED) is 0.199. The minimum atomic E-state index is -1.16. The van der Waals surface area contributed by atoms with Gasteiger partial charge in [0.15, 0.2) is 0 Å². The number of fused-ring (bicyclic) bond motifs is 5. The van der Waals surface area contributed by atoms with Crippen LogP contribution in [0.3, 0.4) is 0 Å². The predicted octanol–water partition coefficient (Wildman–Crippen LogP) is 5.79. The molecule has 8 heteroatoms. The fourth-order valence-corrected chi connectivity index (χ4v) is 7.03. The van der Waals surface area contributed by atoms with Crippen LogP contribution in [0.15, 0.2) is 24.4 Å². The van der Waals surface area contributed by atoms with Gasteiger partial charge in [-0.25, -0.2) is 9.97 Å². The molecule has 0 saturated heterocycles. The number of aliphatic hydroxyl groups excluding tert-OH is 1. The Bertz CT molecular complexity index is 1230. The van der Waals surface area contributed by atoms with Crippen molar-refractivity contribution in [2.45, 2.75) is 77.5 Å². The lowest BCUT2D eigenvalue weighted by Crippen LogP contribution is -2.30. The third-order valence-electron chi connectivity index (χ3n) is 7.07. The normalized spacial score (nSPS) is 15.7. The first-order valence-corrected chi connectivity index (χ1v) is 19.0. The highest BCUT2D eigenvalue weighted by atomic mass is 31.1. The molecule has 1 aliphatic rings. The minimum absolute atomic E-state index is 0.0759. The lowest BCUT2D eigenvalue weighted by Gasteiger charge is -2.33. The summed E-state index contributed by atoms with van der Waals surface area (Å²) in [4.78, 5) is 9.70. The van der Waals surface area contributed by atoms with Gasteiger partial charge >= 0.3 is 0 Å². The van der Waals surface area contributed by atoms with Crippen LogP contribution in [0.4, 0.5) is 5.95 Å². The van der Waals surface area contributed by atoms with Gasteiger partial charge in [-0.2, -0.15) is 0 Å². The van der Waals surface area contributed by atoms with Gasteiger partial charge in [0.1, 0.15) is 6.73 Å². The van der Waals surface area contributed by atoms with E-state index in [2.05, 4.69) is 79.9 Å². The van der Waals surface area contributed by atoms with Gasteiger partial charge in [0.25, 0.3) is 0 Å². The number of para-hydroxylation sites is 1. The molecule has 0 saturated carbocycles. The Balaban J connectivity index is 1.88. The van der Waals surface area contributed by atoms with E-state index in [4.69, 9.17) is 9.72 Å². The molecule has 6 nitrogen and oxygen atoms in total. The van der Waals surface area contributed by atoms with Crippen LogP contribution in [0, 0.1) is 0 Å². The summed E-state index contributed by atoms with van der Waals surface area (Å²) in [5.41, 5.74) is 5.98. The molecular formula is C28H43N4O2PSi. The summed E-state index contributed by atoms with van der Waals surface area (Å²) in [6.07, 6.45) is 3.53. The fraction of sp³-hybridized carbons (Fsp3) is 0.571. The lowest BCUT2D eigenvalue weighted by atomic mass is 9.75. The second-order valence-electron chi connectivity index (χ2n) is 12.3. The van der Waals surface area contributed by atoms with Gasteiger partial charge in [-0.15, -0.1) is 0 Å². The molecule has 36 heavy (non-hydrogen) atoms. The van der Waals surface area contributed by atoms with Crippen molar-refractivity contribution in [2.24, 2.45) is 0 Å². The van der Waals surface area contributed by atoms with Crippen molar-refractivity contribution in [3.63, 3.8) is 0 Å². The maximum atomic E-state index is 9.33. The van der Waals surface area contributed by atoms with E-state index in [0.29, 0.717) is 19.1 Å². The highest BCUT2D eigenvalue weighted by Gasteiger charge is 2.38. The number of hydrogen-bond acceptors (Lipinski definition) is 5. The molecule has 1 aliphatic carbocycles. The fourth-order valence-electron chi connectivity index (χ4n) is 5.23. The summed E-state index contributed by atoms with van der Waals surface area (Å²) < 4.78 is 8.84. The van der Waals surface area contributed by atoms with Crippen LogP contribution in [0.2, 0.25) is 25.7 Å². The largest absolute Gasteiger partial charge is 0.396 e.